The second kappa shape index (κ2) is 8.59. The van der Waals surface area contributed by atoms with E-state index in [1.54, 1.807) is 18.2 Å². The topological polar surface area (TPSA) is 98.1 Å². The molecule has 1 spiro atoms. The molecule has 3 heterocycles. The summed E-state index contributed by atoms with van der Waals surface area (Å²) in [6.45, 7) is 3.94. The molecule has 7 heteroatoms. The summed E-state index contributed by atoms with van der Waals surface area (Å²) in [7, 11) is 0. The summed E-state index contributed by atoms with van der Waals surface area (Å²) in [5.41, 5.74) is 8.35. The number of ether oxygens (including phenoxy) is 1. The number of carbonyl (C=O) groups excluding carboxylic acids is 1. The highest BCUT2D eigenvalue weighted by Gasteiger charge is 2.41. The molecule has 1 amide bonds. The Morgan fingerprint density at radius 2 is 1.97 bits per heavy atom. The number of rotatable bonds is 2. The minimum absolute atomic E-state index is 0.00403. The first-order valence-corrected chi connectivity index (χ1v) is 10.5. The van der Waals surface area contributed by atoms with E-state index in [2.05, 4.69) is 9.97 Å². The summed E-state index contributed by atoms with van der Waals surface area (Å²) in [5, 5.41) is 0.238. The van der Waals surface area contributed by atoms with Gasteiger partial charge in [0.05, 0.1) is 24.1 Å². The Labute approximate surface area is 179 Å². The molecule has 1 saturated heterocycles. The van der Waals surface area contributed by atoms with E-state index in [1.807, 2.05) is 13.0 Å². The van der Waals surface area contributed by atoms with Crippen LogP contribution in [0.15, 0.2) is 47.5 Å². The molecule has 6 nitrogen and oxygen atoms in total. The van der Waals surface area contributed by atoms with E-state index in [4.69, 9.17) is 10.5 Å². The third-order valence-electron chi connectivity index (χ3n) is 6.44. The smallest absolute Gasteiger partial charge is 0.268 e. The van der Waals surface area contributed by atoms with Crippen LogP contribution in [0.25, 0.3) is 10.9 Å². The van der Waals surface area contributed by atoms with Crippen molar-refractivity contribution >= 4 is 16.8 Å². The minimum atomic E-state index is -0.702. The number of aryl methyl sites for hydroxylation is 1. The first-order valence-electron chi connectivity index (χ1n) is 10.5. The Morgan fingerprint density at radius 1 is 1.23 bits per heavy atom. The summed E-state index contributed by atoms with van der Waals surface area (Å²) in [5.74, 6) is -0.194. The fourth-order valence-corrected chi connectivity index (χ4v) is 4.63. The van der Waals surface area contributed by atoms with Crippen molar-refractivity contribution < 1.29 is 13.9 Å². The summed E-state index contributed by atoms with van der Waals surface area (Å²) in [4.78, 5) is 29.0. The Bertz CT molecular complexity index is 1150. The zero-order valence-corrected chi connectivity index (χ0v) is 17.5. The van der Waals surface area contributed by atoms with Crippen LogP contribution < -0.4 is 11.2 Å². The number of hydrogen-bond acceptors (Lipinski definition) is 4. The van der Waals surface area contributed by atoms with Gasteiger partial charge in [-0.25, -0.2) is 4.39 Å². The lowest BCUT2D eigenvalue weighted by atomic mass is 9.67. The maximum Gasteiger partial charge on any atom is 0.268 e. The van der Waals surface area contributed by atoms with Crippen molar-refractivity contribution in [3.05, 3.63) is 75.6 Å². The van der Waals surface area contributed by atoms with E-state index in [0.717, 1.165) is 18.8 Å². The molecule has 1 saturated carbocycles. The van der Waals surface area contributed by atoms with E-state index >= 15 is 0 Å². The van der Waals surface area contributed by atoms with Crippen molar-refractivity contribution in [3.63, 3.8) is 0 Å². The second-order valence-corrected chi connectivity index (χ2v) is 8.56. The fraction of sp³-hybridized carbons (Fsp3) is 0.375. The quantitative estimate of drug-likeness (QED) is 0.654. The van der Waals surface area contributed by atoms with Gasteiger partial charge in [0, 0.05) is 23.9 Å². The number of fused-ring (bicyclic) bond motifs is 1. The van der Waals surface area contributed by atoms with Gasteiger partial charge < -0.3 is 15.5 Å². The van der Waals surface area contributed by atoms with E-state index in [9.17, 15) is 14.0 Å². The van der Waals surface area contributed by atoms with Crippen LogP contribution in [0.3, 0.4) is 0 Å². The standard InChI is InChI=1S/C15H19FO.C9H7N3O2/c1-11-8-13(16)2-3-14(11)12-4-6-15(7-5-12)9-17-10-15;10-9(14)8-7-5(1-3-12-8)11-4-2-6(7)13/h2-3,8,12H,4-7,9-10H2,1H3;1-4H,(H2,10,14)(H,11,13). The van der Waals surface area contributed by atoms with Crippen LogP contribution in [0.1, 0.15) is 53.2 Å². The lowest BCUT2D eigenvalue weighted by Crippen LogP contribution is -2.44. The van der Waals surface area contributed by atoms with Gasteiger partial charge in [-0.2, -0.15) is 0 Å². The first kappa shape index (κ1) is 21.2. The number of amides is 1. The van der Waals surface area contributed by atoms with Gasteiger partial charge in [0.2, 0.25) is 0 Å². The maximum atomic E-state index is 13.1. The number of nitrogens with zero attached hydrogens (tertiary/aromatic N) is 1. The van der Waals surface area contributed by atoms with E-state index in [1.165, 1.54) is 49.7 Å². The molecule has 0 atom stereocenters. The molecule has 0 bridgehead atoms. The molecule has 5 rings (SSSR count). The Morgan fingerprint density at radius 3 is 2.58 bits per heavy atom. The zero-order valence-electron chi connectivity index (χ0n) is 17.5. The summed E-state index contributed by atoms with van der Waals surface area (Å²) in [6.07, 6.45) is 7.95. The van der Waals surface area contributed by atoms with Crippen LogP contribution in [-0.4, -0.2) is 29.1 Å². The average Bonchev–Trinajstić information content (AvgIpc) is 2.73. The van der Waals surface area contributed by atoms with Crippen molar-refractivity contribution in [2.24, 2.45) is 11.1 Å². The lowest BCUT2D eigenvalue weighted by molar-refractivity contribution is -0.132. The van der Waals surface area contributed by atoms with Gasteiger partial charge in [-0.3, -0.25) is 14.6 Å². The Kier molecular flexibility index (Phi) is 5.87. The molecule has 31 heavy (non-hydrogen) atoms. The molecule has 1 aliphatic carbocycles. The van der Waals surface area contributed by atoms with Gasteiger partial charge in [0.15, 0.2) is 5.43 Å². The van der Waals surface area contributed by atoms with Crippen LogP contribution in [-0.2, 0) is 4.74 Å². The average molecular weight is 423 g/mol. The number of H-pyrrole nitrogens is 1. The summed E-state index contributed by atoms with van der Waals surface area (Å²) >= 11 is 0. The maximum absolute atomic E-state index is 13.1. The van der Waals surface area contributed by atoms with E-state index < -0.39 is 5.91 Å². The number of carbonyl (C=O) groups is 1. The predicted molar refractivity (Wildman–Crippen MR) is 116 cm³/mol. The second-order valence-electron chi connectivity index (χ2n) is 8.56. The molecular weight excluding hydrogens is 397 g/mol. The Hall–Kier alpha value is -3.06. The van der Waals surface area contributed by atoms with Crippen LogP contribution >= 0.6 is 0 Å². The first-order chi connectivity index (χ1) is 14.9. The fourth-order valence-electron chi connectivity index (χ4n) is 4.63. The largest absolute Gasteiger partial charge is 0.380 e. The van der Waals surface area contributed by atoms with Crippen LogP contribution in [0.4, 0.5) is 4.39 Å². The number of pyridine rings is 2. The van der Waals surface area contributed by atoms with Crippen molar-refractivity contribution in [2.45, 2.75) is 38.5 Å². The van der Waals surface area contributed by atoms with Crippen molar-refractivity contribution in [1.82, 2.24) is 9.97 Å². The number of nitrogens with two attached hydrogens (primary N) is 1. The molecule has 1 aromatic carbocycles. The molecule has 162 valence electrons. The summed E-state index contributed by atoms with van der Waals surface area (Å²) in [6, 6.07) is 8.18. The lowest BCUT2D eigenvalue weighted by Gasteiger charge is -2.46. The van der Waals surface area contributed by atoms with Crippen molar-refractivity contribution in [1.29, 1.82) is 0 Å². The van der Waals surface area contributed by atoms with Crippen molar-refractivity contribution in [2.75, 3.05) is 13.2 Å². The highest BCUT2D eigenvalue weighted by atomic mass is 19.1. The highest BCUT2D eigenvalue weighted by molar-refractivity contribution is 6.03. The predicted octanol–water partition coefficient (Wildman–Crippen LogP) is 3.83. The number of nitrogens with one attached hydrogen (secondary N) is 1. The van der Waals surface area contributed by atoms with Gasteiger partial charge >= 0.3 is 0 Å². The molecule has 3 aromatic rings. The van der Waals surface area contributed by atoms with Gasteiger partial charge in [0.1, 0.15) is 11.5 Å². The third kappa shape index (κ3) is 4.37. The Balaban J connectivity index is 0.000000152. The van der Waals surface area contributed by atoms with Crippen LogP contribution in [0.2, 0.25) is 0 Å². The monoisotopic (exact) mass is 423 g/mol. The van der Waals surface area contributed by atoms with Crippen LogP contribution in [0.5, 0.6) is 0 Å². The molecule has 2 aromatic heterocycles. The highest BCUT2D eigenvalue weighted by Crippen LogP contribution is 2.47. The molecule has 0 radical (unpaired) electrons. The van der Waals surface area contributed by atoms with Crippen molar-refractivity contribution in [3.8, 4) is 0 Å². The SMILES string of the molecule is Cc1cc(F)ccc1C1CCC2(CC1)COC2.NC(=O)c1nccc2[nH]ccc(=O)c12. The molecule has 0 unspecified atom stereocenters. The number of primary amides is 1. The number of benzene rings is 1. The molecule has 2 aliphatic rings. The van der Waals surface area contributed by atoms with E-state index in [-0.39, 0.29) is 22.3 Å². The normalized spacial score (nSPS) is 17.6. The minimum Gasteiger partial charge on any atom is -0.380 e. The van der Waals surface area contributed by atoms with Gasteiger partial charge in [-0.1, -0.05) is 6.07 Å². The molecular formula is C24H26FN3O3. The number of halogens is 1. The van der Waals surface area contributed by atoms with Crippen LogP contribution in [0, 0.1) is 18.2 Å². The van der Waals surface area contributed by atoms with E-state index in [0.29, 0.717) is 16.8 Å². The molecule has 2 fully saturated rings. The van der Waals surface area contributed by atoms with Gasteiger partial charge in [0.25, 0.3) is 5.91 Å². The zero-order chi connectivity index (χ0) is 22.0. The number of aromatic amines is 1. The van der Waals surface area contributed by atoms with Gasteiger partial charge in [-0.05, 0) is 67.9 Å². The third-order valence-corrected chi connectivity index (χ3v) is 6.44. The summed E-state index contributed by atoms with van der Waals surface area (Å²) < 4.78 is 18.4. The van der Waals surface area contributed by atoms with Gasteiger partial charge in [-0.15, -0.1) is 0 Å². The number of hydrogen-bond donors (Lipinski definition) is 2. The number of aromatic nitrogens is 2. The molecule has 1 aliphatic heterocycles. The molecule has 3 N–H and O–H groups in total.